The van der Waals surface area contributed by atoms with Crippen LogP contribution in [0.25, 0.3) is 11.3 Å². The SMILES string of the molecule is Fc1ccccc1-c1cc(SNc2ncc(C(F)(F)F)cc2F)c[nH]1. The first-order valence-electron chi connectivity index (χ1n) is 6.93. The number of pyridine rings is 1. The zero-order chi connectivity index (χ0) is 18.0. The fourth-order valence-electron chi connectivity index (χ4n) is 2.04. The highest BCUT2D eigenvalue weighted by Gasteiger charge is 2.31. The average molecular weight is 371 g/mol. The zero-order valence-corrected chi connectivity index (χ0v) is 13.2. The van der Waals surface area contributed by atoms with Gasteiger partial charge in [-0.15, -0.1) is 0 Å². The molecule has 3 nitrogen and oxygen atoms in total. The number of halogens is 5. The minimum absolute atomic E-state index is 0.327. The molecule has 0 aliphatic carbocycles. The van der Waals surface area contributed by atoms with Crippen LogP contribution in [0, 0.1) is 11.6 Å². The zero-order valence-electron chi connectivity index (χ0n) is 12.4. The van der Waals surface area contributed by atoms with Crippen molar-refractivity contribution >= 4 is 17.8 Å². The monoisotopic (exact) mass is 371 g/mol. The van der Waals surface area contributed by atoms with Gasteiger partial charge in [0.2, 0.25) is 0 Å². The number of aromatic nitrogens is 2. The summed E-state index contributed by atoms with van der Waals surface area (Å²) in [6.07, 6.45) is -2.55. The molecule has 0 bridgehead atoms. The number of H-pyrrole nitrogens is 1. The molecule has 9 heteroatoms. The van der Waals surface area contributed by atoms with Crippen LogP contribution in [0.3, 0.4) is 0 Å². The average Bonchev–Trinajstić information content (AvgIpc) is 3.02. The van der Waals surface area contributed by atoms with Gasteiger partial charge in [0.05, 0.1) is 5.56 Å². The van der Waals surface area contributed by atoms with E-state index in [1.54, 1.807) is 30.5 Å². The quantitative estimate of drug-likeness (QED) is 0.470. The third kappa shape index (κ3) is 3.93. The second kappa shape index (κ2) is 6.75. The van der Waals surface area contributed by atoms with Gasteiger partial charge in [-0.1, -0.05) is 12.1 Å². The van der Waals surface area contributed by atoms with Crippen LogP contribution in [0.5, 0.6) is 0 Å². The molecular formula is C16H10F5N3S. The van der Waals surface area contributed by atoms with Crippen LogP contribution in [0.15, 0.2) is 53.7 Å². The molecule has 0 aliphatic heterocycles. The van der Waals surface area contributed by atoms with Gasteiger partial charge in [0.1, 0.15) is 5.82 Å². The molecule has 0 fully saturated rings. The van der Waals surface area contributed by atoms with Crippen molar-refractivity contribution in [3.63, 3.8) is 0 Å². The molecule has 0 amide bonds. The standard InChI is InChI=1S/C16H10F5N3S/c17-12-4-2-1-3-11(12)14-6-10(8-22-14)25-24-15-13(18)5-9(7-23-15)16(19,20)21/h1-8,22H,(H,23,24). The van der Waals surface area contributed by atoms with Crippen LogP contribution in [0.4, 0.5) is 27.8 Å². The van der Waals surface area contributed by atoms with Crippen molar-refractivity contribution in [1.29, 1.82) is 0 Å². The van der Waals surface area contributed by atoms with Crippen LogP contribution in [0.1, 0.15) is 5.56 Å². The number of rotatable bonds is 4. The van der Waals surface area contributed by atoms with Gasteiger partial charge >= 0.3 is 6.18 Å². The third-order valence-electron chi connectivity index (χ3n) is 3.25. The summed E-state index contributed by atoms with van der Waals surface area (Å²) in [5.74, 6) is -1.84. The van der Waals surface area contributed by atoms with Crippen molar-refractivity contribution in [1.82, 2.24) is 9.97 Å². The normalized spacial score (nSPS) is 11.6. The number of nitrogens with one attached hydrogen (secondary N) is 2. The molecule has 25 heavy (non-hydrogen) atoms. The Bertz CT molecular complexity index is 891. The Balaban J connectivity index is 1.72. The number of nitrogens with zero attached hydrogens (tertiary/aromatic N) is 1. The molecule has 2 N–H and O–H groups in total. The molecule has 0 radical (unpaired) electrons. The van der Waals surface area contributed by atoms with E-state index in [1.807, 2.05) is 0 Å². The first kappa shape index (κ1) is 17.3. The molecule has 130 valence electrons. The number of alkyl halides is 3. The minimum atomic E-state index is -4.66. The van der Waals surface area contributed by atoms with Crippen molar-refractivity contribution in [2.75, 3.05) is 4.72 Å². The molecule has 2 heterocycles. The molecule has 3 aromatic rings. The van der Waals surface area contributed by atoms with Gasteiger partial charge in [0, 0.05) is 28.5 Å². The van der Waals surface area contributed by atoms with Crippen LogP contribution in [0.2, 0.25) is 0 Å². The van der Waals surface area contributed by atoms with Crippen molar-refractivity contribution in [3.05, 3.63) is 66.0 Å². The molecule has 2 aromatic heterocycles. The molecule has 0 unspecified atom stereocenters. The summed E-state index contributed by atoms with van der Waals surface area (Å²) < 4.78 is 67.4. The van der Waals surface area contributed by atoms with Gasteiger partial charge in [0.25, 0.3) is 0 Å². The molecule has 3 rings (SSSR count). The van der Waals surface area contributed by atoms with Gasteiger partial charge in [-0.2, -0.15) is 13.2 Å². The van der Waals surface area contributed by atoms with E-state index in [0.717, 1.165) is 11.9 Å². The lowest BCUT2D eigenvalue weighted by Gasteiger charge is -2.08. The smallest absolute Gasteiger partial charge is 0.360 e. The third-order valence-corrected chi connectivity index (χ3v) is 4.02. The van der Waals surface area contributed by atoms with E-state index < -0.39 is 23.4 Å². The number of benzene rings is 1. The van der Waals surface area contributed by atoms with Crippen LogP contribution >= 0.6 is 11.9 Å². The van der Waals surface area contributed by atoms with Crippen molar-refractivity contribution in [2.24, 2.45) is 0 Å². The summed E-state index contributed by atoms with van der Waals surface area (Å²) in [7, 11) is 0. The Kier molecular flexibility index (Phi) is 4.67. The lowest BCUT2D eigenvalue weighted by molar-refractivity contribution is -0.138. The Hall–Kier alpha value is -2.55. The lowest BCUT2D eigenvalue weighted by Crippen LogP contribution is -2.07. The van der Waals surface area contributed by atoms with Gasteiger partial charge in [-0.25, -0.2) is 13.8 Å². The summed E-state index contributed by atoms with van der Waals surface area (Å²) in [5.41, 5.74) is -0.277. The van der Waals surface area contributed by atoms with Crippen molar-refractivity contribution in [3.8, 4) is 11.3 Å². The van der Waals surface area contributed by atoms with Gasteiger partial charge in [-0.05, 0) is 36.2 Å². The highest BCUT2D eigenvalue weighted by Crippen LogP contribution is 2.32. The lowest BCUT2D eigenvalue weighted by atomic mass is 10.1. The fraction of sp³-hybridized carbons (Fsp3) is 0.0625. The van der Waals surface area contributed by atoms with E-state index in [2.05, 4.69) is 14.7 Å². The Morgan fingerprint density at radius 1 is 1.04 bits per heavy atom. The van der Waals surface area contributed by atoms with E-state index in [4.69, 9.17) is 0 Å². The van der Waals surface area contributed by atoms with E-state index in [0.29, 0.717) is 28.4 Å². The second-order valence-corrected chi connectivity index (χ2v) is 5.86. The predicted octanol–water partition coefficient (Wildman–Crippen LogP) is 5.49. The van der Waals surface area contributed by atoms with Crippen LogP contribution in [-0.4, -0.2) is 9.97 Å². The van der Waals surface area contributed by atoms with Crippen LogP contribution < -0.4 is 4.72 Å². The maximum absolute atomic E-state index is 13.7. The molecular weight excluding hydrogens is 361 g/mol. The predicted molar refractivity (Wildman–Crippen MR) is 84.9 cm³/mol. The fourth-order valence-corrected chi connectivity index (χ4v) is 2.70. The maximum Gasteiger partial charge on any atom is 0.417 e. The topological polar surface area (TPSA) is 40.7 Å². The van der Waals surface area contributed by atoms with Gasteiger partial charge in [-0.3, -0.25) is 0 Å². The summed E-state index contributed by atoms with van der Waals surface area (Å²) in [4.78, 5) is 6.90. The van der Waals surface area contributed by atoms with E-state index in [-0.39, 0.29) is 5.82 Å². The summed E-state index contributed by atoms with van der Waals surface area (Å²) >= 11 is 0.935. The largest absolute Gasteiger partial charge is 0.417 e. The molecule has 0 atom stereocenters. The highest BCUT2D eigenvalue weighted by molar-refractivity contribution is 8.00. The molecule has 1 aromatic carbocycles. The summed E-state index contributed by atoms with van der Waals surface area (Å²) in [6.45, 7) is 0. The molecule has 0 spiro atoms. The van der Waals surface area contributed by atoms with Gasteiger partial charge in [0.15, 0.2) is 11.6 Å². The van der Waals surface area contributed by atoms with E-state index in [1.165, 1.54) is 6.07 Å². The molecule has 0 aliphatic rings. The Morgan fingerprint density at radius 3 is 2.48 bits per heavy atom. The maximum atomic E-state index is 13.7. The second-order valence-electron chi connectivity index (χ2n) is 4.99. The van der Waals surface area contributed by atoms with E-state index in [9.17, 15) is 22.0 Å². The number of aromatic amines is 1. The van der Waals surface area contributed by atoms with Crippen molar-refractivity contribution in [2.45, 2.75) is 11.1 Å². The highest BCUT2D eigenvalue weighted by atomic mass is 32.2. The number of anilines is 1. The van der Waals surface area contributed by atoms with Crippen LogP contribution in [-0.2, 0) is 6.18 Å². The Labute approximate surface area is 143 Å². The van der Waals surface area contributed by atoms with Crippen molar-refractivity contribution < 1.29 is 22.0 Å². The van der Waals surface area contributed by atoms with E-state index >= 15 is 0 Å². The number of hydrogen-bond acceptors (Lipinski definition) is 3. The first-order chi connectivity index (χ1) is 11.8. The first-order valence-corrected chi connectivity index (χ1v) is 7.75. The number of hydrogen-bond donors (Lipinski definition) is 2. The summed E-state index contributed by atoms with van der Waals surface area (Å²) in [5, 5.41) is 0. The molecule has 0 saturated carbocycles. The molecule has 0 saturated heterocycles. The minimum Gasteiger partial charge on any atom is -0.360 e. The van der Waals surface area contributed by atoms with Gasteiger partial charge < -0.3 is 9.71 Å². The Morgan fingerprint density at radius 2 is 1.80 bits per heavy atom. The summed E-state index contributed by atoms with van der Waals surface area (Å²) in [6, 6.07) is 8.17.